The fraction of sp³-hybridized carbons (Fsp3) is 0.417. The lowest BCUT2D eigenvalue weighted by molar-refractivity contribution is -0.126. The van der Waals surface area contributed by atoms with E-state index < -0.39 is 12.0 Å². The van der Waals surface area contributed by atoms with E-state index in [0.29, 0.717) is 11.6 Å². The number of halogens is 1. The monoisotopic (exact) mass is 288 g/mol. The minimum Gasteiger partial charge on any atom is -0.389 e. The summed E-state index contributed by atoms with van der Waals surface area (Å²) in [6.07, 6.45) is -0.736. The molecule has 4 N–H and O–H groups in total. The number of primary amides is 1. The molecular weight excluding hydrogens is 272 g/mol. The highest BCUT2D eigenvalue weighted by atomic mass is 35.5. The van der Waals surface area contributed by atoms with Crippen molar-refractivity contribution >= 4 is 17.5 Å². The van der Waals surface area contributed by atoms with Gasteiger partial charge < -0.3 is 15.6 Å². The second kappa shape index (κ2) is 8.84. The highest BCUT2D eigenvalue weighted by Gasteiger charge is 2.04. The standard InChI is InChI=1S/C12H17ClN2O4/c13-10-3-1-9(2-4-10)6-18-7-11(16)5-15-19-8-12(14)17/h1-4,11,15-16H,5-8H2,(H2,14,17). The molecule has 0 spiro atoms. The molecule has 0 aromatic heterocycles. The Morgan fingerprint density at radius 1 is 1.42 bits per heavy atom. The van der Waals surface area contributed by atoms with Crippen molar-refractivity contribution in [3.8, 4) is 0 Å². The molecule has 1 rings (SSSR count). The highest BCUT2D eigenvalue weighted by Crippen LogP contribution is 2.10. The fourth-order valence-corrected chi connectivity index (χ4v) is 1.36. The molecule has 0 fully saturated rings. The van der Waals surface area contributed by atoms with Crippen molar-refractivity contribution in [2.45, 2.75) is 12.7 Å². The van der Waals surface area contributed by atoms with Crippen LogP contribution < -0.4 is 11.2 Å². The summed E-state index contributed by atoms with van der Waals surface area (Å²) in [4.78, 5) is 15.0. The lowest BCUT2D eigenvalue weighted by atomic mass is 10.2. The van der Waals surface area contributed by atoms with Crippen LogP contribution in [0.3, 0.4) is 0 Å². The number of rotatable bonds is 9. The zero-order valence-corrected chi connectivity index (χ0v) is 11.1. The van der Waals surface area contributed by atoms with Crippen molar-refractivity contribution in [3.05, 3.63) is 34.9 Å². The van der Waals surface area contributed by atoms with Crippen LogP contribution in [0.15, 0.2) is 24.3 Å². The third-order valence-corrected chi connectivity index (χ3v) is 2.38. The van der Waals surface area contributed by atoms with Crippen LogP contribution in [0.1, 0.15) is 5.56 Å². The summed E-state index contributed by atoms with van der Waals surface area (Å²) in [5.41, 5.74) is 8.26. The number of ether oxygens (including phenoxy) is 1. The zero-order chi connectivity index (χ0) is 14.1. The van der Waals surface area contributed by atoms with Gasteiger partial charge in [-0.3, -0.25) is 9.63 Å². The highest BCUT2D eigenvalue weighted by molar-refractivity contribution is 6.30. The van der Waals surface area contributed by atoms with E-state index in [1.165, 1.54) is 0 Å². The van der Waals surface area contributed by atoms with Crippen LogP contribution in [0.4, 0.5) is 0 Å². The van der Waals surface area contributed by atoms with Crippen molar-refractivity contribution in [2.24, 2.45) is 5.73 Å². The van der Waals surface area contributed by atoms with E-state index in [2.05, 4.69) is 10.3 Å². The number of amides is 1. The van der Waals surface area contributed by atoms with Crippen molar-refractivity contribution < 1.29 is 19.5 Å². The Hall–Kier alpha value is -1.18. The van der Waals surface area contributed by atoms with E-state index >= 15 is 0 Å². The number of carbonyl (C=O) groups is 1. The summed E-state index contributed by atoms with van der Waals surface area (Å²) in [6, 6.07) is 7.25. The van der Waals surface area contributed by atoms with Crippen molar-refractivity contribution in [1.82, 2.24) is 5.48 Å². The molecule has 7 heteroatoms. The van der Waals surface area contributed by atoms with E-state index in [1.54, 1.807) is 12.1 Å². The van der Waals surface area contributed by atoms with E-state index in [-0.39, 0.29) is 19.8 Å². The van der Waals surface area contributed by atoms with Gasteiger partial charge in [-0.05, 0) is 17.7 Å². The number of aliphatic hydroxyl groups is 1. The molecule has 1 unspecified atom stereocenters. The summed E-state index contributed by atoms with van der Waals surface area (Å²) < 4.78 is 5.32. The van der Waals surface area contributed by atoms with Crippen LogP contribution in [0.2, 0.25) is 5.02 Å². The second-order valence-corrected chi connectivity index (χ2v) is 4.34. The molecule has 1 aromatic carbocycles. The Morgan fingerprint density at radius 2 is 2.11 bits per heavy atom. The smallest absolute Gasteiger partial charge is 0.245 e. The van der Waals surface area contributed by atoms with Gasteiger partial charge in [0.15, 0.2) is 0 Å². The molecule has 0 heterocycles. The minimum absolute atomic E-state index is 0.147. The predicted molar refractivity (Wildman–Crippen MR) is 70.3 cm³/mol. The molecule has 1 aromatic rings. The number of carbonyl (C=O) groups excluding carboxylic acids is 1. The van der Waals surface area contributed by atoms with Crippen LogP contribution in [0.25, 0.3) is 0 Å². The Morgan fingerprint density at radius 3 is 2.74 bits per heavy atom. The molecular formula is C12H17ClN2O4. The first-order valence-corrected chi connectivity index (χ1v) is 6.09. The van der Waals surface area contributed by atoms with Gasteiger partial charge in [0.25, 0.3) is 0 Å². The number of nitrogens with two attached hydrogens (primary N) is 1. The Balaban J connectivity index is 2.08. The minimum atomic E-state index is -0.736. The maximum Gasteiger partial charge on any atom is 0.245 e. The first kappa shape index (κ1) is 15.9. The number of aliphatic hydroxyl groups excluding tert-OH is 1. The molecule has 0 aliphatic rings. The normalized spacial score (nSPS) is 12.3. The van der Waals surface area contributed by atoms with Crippen LogP contribution in [-0.2, 0) is 21.0 Å². The largest absolute Gasteiger partial charge is 0.389 e. The van der Waals surface area contributed by atoms with E-state index in [0.717, 1.165) is 5.56 Å². The van der Waals surface area contributed by atoms with Gasteiger partial charge in [0.2, 0.25) is 5.91 Å². The van der Waals surface area contributed by atoms with E-state index in [4.69, 9.17) is 22.1 Å². The first-order chi connectivity index (χ1) is 9.08. The summed E-state index contributed by atoms with van der Waals surface area (Å²) >= 11 is 5.75. The summed E-state index contributed by atoms with van der Waals surface area (Å²) in [6.45, 7) is 0.443. The summed E-state index contributed by atoms with van der Waals surface area (Å²) in [5.74, 6) is -0.582. The van der Waals surface area contributed by atoms with Gasteiger partial charge in [-0.25, -0.2) is 0 Å². The zero-order valence-electron chi connectivity index (χ0n) is 10.3. The van der Waals surface area contributed by atoms with Gasteiger partial charge in [0.05, 0.1) is 19.3 Å². The fourth-order valence-electron chi connectivity index (χ4n) is 1.23. The average Bonchev–Trinajstić information content (AvgIpc) is 2.37. The van der Waals surface area contributed by atoms with Crippen LogP contribution in [0, 0.1) is 0 Å². The van der Waals surface area contributed by atoms with Crippen molar-refractivity contribution in [2.75, 3.05) is 19.8 Å². The third kappa shape index (κ3) is 7.76. The Kier molecular flexibility index (Phi) is 7.39. The Labute approximate surface area is 116 Å². The molecule has 1 amide bonds. The van der Waals surface area contributed by atoms with Gasteiger partial charge in [-0.2, -0.15) is 5.48 Å². The molecule has 0 radical (unpaired) electrons. The van der Waals surface area contributed by atoms with E-state index in [1.807, 2.05) is 12.1 Å². The number of hydrogen-bond acceptors (Lipinski definition) is 5. The number of nitrogens with one attached hydrogen (secondary N) is 1. The van der Waals surface area contributed by atoms with Crippen LogP contribution in [0.5, 0.6) is 0 Å². The molecule has 0 bridgehead atoms. The lowest BCUT2D eigenvalue weighted by Crippen LogP contribution is -2.33. The topological polar surface area (TPSA) is 93.8 Å². The Bertz CT molecular complexity index is 386. The maximum absolute atomic E-state index is 10.4. The van der Waals surface area contributed by atoms with Gasteiger partial charge in [-0.15, -0.1) is 0 Å². The van der Waals surface area contributed by atoms with E-state index in [9.17, 15) is 9.90 Å². The van der Waals surface area contributed by atoms with Crippen LogP contribution >= 0.6 is 11.6 Å². The lowest BCUT2D eigenvalue weighted by Gasteiger charge is -2.12. The number of benzene rings is 1. The predicted octanol–water partition coefficient (Wildman–Crippen LogP) is 0.224. The third-order valence-electron chi connectivity index (χ3n) is 2.13. The maximum atomic E-state index is 10.4. The molecule has 19 heavy (non-hydrogen) atoms. The first-order valence-electron chi connectivity index (χ1n) is 5.71. The second-order valence-electron chi connectivity index (χ2n) is 3.90. The number of hydrogen-bond donors (Lipinski definition) is 3. The molecule has 1 atom stereocenters. The summed E-state index contributed by atoms with van der Waals surface area (Å²) in [7, 11) is 0. The molecule has 0 aliphatic carbocycles. The molecule has 6 nitrogen and oxygen atoms in total. The van der Waals surface area contributed by atoms with Gasteiger partial charge in [0, 0.05) is 11.6 Å². The molecule has 0 aliphatic heterocycles. The average molecular weight is 289 g/mol. The van der Waals surface area contributed by atoms with Gasteiger partial charge >= 0.3 is 0 Å². The number of hydroxylamine groups is 1. The SMILES string of the molecule is NC(=O)CONCC(O)COCc1ccc(Cl)cc1. The molecule has 106 valence electrons. The molecule has 0 saturated heterocycles. The van der Waals surface area contributed by atoms with Gasteiger partial charge in [-0.1, -0.05) is 23.7 Å². The van der Waals surface area contributed by atoms with Crippen LogP contribution in [-0.4, -0.2) is 36.9 Å². The van der Waals surface area contributed by atoms with Gasteiger partial charge in [0.1, 0.15) is 6.61 Å². The van der Waals surface area contributed by atoms with Crippen molar-refractivity contribution in [3.63, 3.8) is 0 Å². The van der Waals surface area contributed by atoms with Crippen molar-refractivity contribution in [1.29, 1.82) is 0 Å². The molecule has 0 saturated carbocycles. The summed E-state index contributed by atoms with van der Waals surface area (Å²) in [5, 5.41) is 10.2. The quantitative estimate of drug-likeness (QED) is 0.446.